The molecule has 0 saturated carbocycles. The summed E-state index contributed by atoms with van der Waals surface area (Å²) in [4.78, 5) is 0. The van der Waals surface area contributed by atoms with Crippen LogP contribution in [0.5, 0.6) is 0 Å². The number of aliphatic hydroxyl groups excluding tert-OH is 1. The van der Waals surface area contributed by atoms with E-state index in [1.54, 1.807) is 11.3 Å². The van der Waals surface area contributed by atoms with Gasteiger partial charge in [-0.2, -0.15) is 11.3 Å². The fourth-order valence-electron chi connectivity index (χ4n) is 2.02. The van der Waals surface area contributed by atoms with Gasteiger partial charge in [0.1, 0.15) is 0 Å². The Morgan fingerprint density at radius 1 is 1.41 bits per heavy atom. The van der Waals surface area contributed by atoms with Crippen LogP contribution in [0.1, 0.15) is 39.7 Å². The molecule has 17 heavy (non-hydrogen) atoms. The summed E-state index contributed by atoms with van der Waals surface area (Å²) in [7, 11) is 0. The zero-order valence-electron chi connectivity index (χ0n) is 11.3. The minimum absolute atomic E-state index is 0.0237. The number of hydrogen-bond acceptors (Lipinski definition) is 3. The average Bonchev–Trinajstić information content (AvgIpc) is 2.73. The highest BCUT2D eigenvalue weighted by Crippen LogP contribution is 2.27. The lowest BCUT2D eigenvalue weighted by atomic mass is 9.84. The minimum Gasteiger partial charge on any atom is -0.390 e. The fourth-order valence-corrected chi connectivity index (χ4v) is 2.72. The zero-order valence-corrected chi connectivity index (χ0v) is 12.1. The van der Waals surface area contributed by atoms with Crippen molar-refractivity contribution in [2.45, 2.75) is 52.7 Å². The molecule has 1 heterocycles. The summed E-state index contributed by atoms with van der Waals surface area (Å²) in [6.45, 7) is 8.96. The molecule has 0 radical (unpaired) electrons. The van der Waals surface area contributed by atoms with E-state index < -0.39 is 6.10 Å². The first-order chi connectivity index (χ1) is 7.95. The molecule has 0 fully saturated rings. The molecule has 1 aromatic rings. The second-order valence-corrected chi connectivity index (χ2v) is 6.26. The number of aliphatic hydroxyl groups is 1. The van der Waals surface area contributed by atoms with Gasteiger partial charge in [0.15, 0.2) is 0 Å². The van der Waals surface area contributed by atoms with Gasteiger partial charge in [-0.1, -0.05) is 20.8 Å². The van der Waals surface area contributed by atoms with Crippen molar-refractivity contribution >= 4 is 11.3 Å². The Morgan fingerprint density at radius 2 is 2.12 bits per heavy atom. The van der Waals surface area contributed by atoms with E-state index in [-0.39, 0.29) is 11.5 Å². The molecule has 2 unspecified atom stereocenters. The lowest BCUT2D eigenvalue weighted by Gasteiger charge is -2.34. The van der Waals surface area contributed by atoms with Crippen molar-refractivity contribution in [1.29, 1.82) is 0 Å². The maximum absolute atomic E-state index is 10.3. The smallest absolute Gasteiger partial charge is 0.0881 e. The molecular formula is C14H24O2S. The van der Waals surface area contributed by atoms with Crippen molar-refractivity contribution in [1.82, 2.24) is 0 Å². The number of aryl methyl sites for hydroxylation is 1. The number of thiophene rings is 1. The standard InChI is InChI=1S/C14H24O2S/c1-5-16-13(14(2,3)4)12(15)7-6-11-8-9-17-10-11/h8-10,12-13,15H,5-7H2,1-4H3. The normalized spacial score (nSPS) is 15.8. The SMILES string of the molecule is CCOC(C(O)CCc1ccsc1)C(C)(C)C. The van der Waals surface area contributed by atoms with E-state index in [1.165, 1.54) is 5.56 Å². The average molecular weight is 256 g/mol. The van der Waals surface area contributed by atoms with Gasteiger partial charge in [-0.3, -0.25) is 0 Å². The molecular weight excluding hydrogens is 232 g/mol. The third-order valence-electron chi connectivity index (χ3n) is 2.86. The number of ether oxygens (including phenoxy) is 1. The maximum atomic E-state index is 10.3. The lowest BCUT2D eigenvalue weighted by Crippen LogP contribution is -2.40. The molecule has 0 aliphatic heterocycles. The van der Waals surface area contributed by atoms with Gasteiger partial charge in [0.05, 0.1) is 12.2 Å². The van der Waals surface area contributed by atoms with E-state index in [4.69, 9.17) is 4.74 Å². The first-order valence-electron chi connectivity index (χ1n) is 6.26. The van der Waals surface area contributed by atoms with Gasteiger partial charge in [0, 0.05) is 6.61 Å². The van der Waals surface area contributed by atoms with Gasteiger partial charge < -0.3 is 9.84 Å². The first kappa shape index (κ1) is 14.7. The largest absolute Gasteiger partial charge is 0.390 e. The monoisotopic (exact) mass is 256 g/mol. The molecule has 0 amide bonds. The second kappa shape index (κ2) is 6.53. The molecule has 0 bridgehead atoms. The van der Waals surface area contributed by atoms with E-state index in [2.05, 4.69) is 37.6 Å². The van der Waals surface area contributed by atoms with Crippen molar-refractivity contribution in [3.05, 3.63) is 22.4 Å². The van der Waals surface area contributed by atoms with Gasteiger partial charge >= 0.3 is 0 Å². The molecule has 0 aliphatic carbocycles. The van der Waals surface area contributed by atoms with Crippen LogP contribution in [0.2, 0.25) is 0 Å². The quantitative estimate of drug-likeness (QED) is 0.844. The van der Waals surface area contributed by atoms with Crippen molar-refractivity contribution in [2.24, 2.45) is 5.41 Å². The molecule has 0 saturated heterocycles. The molecule has 1 rings (SSSR count). The lowest BCUT2D eigenvalue weighted by molar-refractivity contribution is -0.0900. The fraction of sp³-hybridized carbons (Fsp3) is 0.714. The Hall–Kier alpha value is -0.380. The predicted octanol–water partition coefficient (Wildman–Crippen LogP) is 3.49. The summed E-state index contributed by atoms with van der Waals surface area (Å²) in [5.74, 6) is 0. The van der Waals surface area contributed by atoms with Crippen LogP contribution in [0, 0.1) is 5.41 Å². The predicted molar refractivity (Wildman–Crippen MR) is 73.5 cm³/mol. The summed E-state index contributed by atoms with van der Waals surface area (Å²) in [5.41, 5.74) is 1.28. The molecule has 2 nitrogen and oxygen atoms in total. The van der Waals surface area contributed by atoms with E-state index >= 15 is 0 Å². The minimum atomic E-state index is -0.394. The van der Waals surface area contributed by atoms with Crippen LogP contribution in [0.3, 0.4) is 0 Å². The molecule has 98 valence electrons. The Balaban J connectivity index is 2.50. The van der Waals surface area contributed by atoms with Gasteiger partial charge in [0.2, 0.25) is 0 Å². The molecule has 2 atom stereocenters. The third kappa shape index (κ3) is 4.78. The summed E-state index contributed by atoms with van der Waals surface area (Å²) < 4.78 is 5.69. The topological polar surface area (TPSA) is 29.5 Å². The van der Waals surface area contributed by atoms with Crippen molar-refractivity contribution in [3.8, 4) is 0 Å². The van der Waals surface area contributed by atoms with Gasteiger partial charge in [-0.05, 0) is 47.6 Å². The Morgan fingerprint density at radius 3 is 2.59 bits per heavy atom. The van der Waals surface area contributed by atoms with E-state index in [0.29, 0.717) is 6.61 Å². The Kier molecular flexibility index (Phi) is 5.63. The van der Waals surface area contributed by atoms with Crippen LogP contribution < -0.4 is 0 Å². The van der Waals surface area contributed by atoms with Crippen LogP contribution >= 0.6 is 11.3 Å². The summed E-state index contributed by atoms with van der Waals surface area (Å²) in [5, 5.41) is 14.5. The Labute approximate surface area is 109 Å². The summed E-state index contributed by atoms with van der Waals surface area (Å²) in [6.07, 6.45) is 1.20. The maximum Gasteiger partial charge on any atom is 0.0881 e. The van der Waals surface area contributed by atoms with Crippen LogP contribution in [-0.2, 0) is 11.2 Å². The molecule has 1 aromatic heterocycles. The van der Waals surface area contributed by atoms with E-state index in [1.807, 2.05) is 6.92 Å². The van der Waals surface area contributed by atoms with E-state index in [0.717, 1.165) is 12.8 Å². The van der Waals surface area contributed by atoms with E-state index in [9.17, 15) is 5.11 Å². The molecule has 0 spiro atoms. The molecule has 3 heteroatoms. The highest BCUT2D eigenvalue weighted by atomic mass is 32.1. The van der Waals surface area contributed by atoms with Crippen molar-refractivity contribution in [3.63, 3.8) is 0 Å². The molecule has 0 aromatic carbocycles. The molecule has 0 aliphatic rings. The number of rotatable bonds is 6. The van der Waals surface area contributed by atoms with Gasteiger partial charge in [-0.15, -0.1) is 0 Å². The third-order valence-corrected chi connectivity index (χ3v) is 3.59. The summed E-state index contributed by atoms with van der Waals surface area (Å²) >= 11 is 1.70. The number of hydrogen-bond donors (Lipinski definition) is 1. The van der Waals surface area contributed by atoms with Gasteiger partial charge in [0.25, 0.3) is 0 Å². The Bertz CT molecular complexity index is 301. The highest BCUT2D eigenvalue weighted by Gasteiger charge is 2.31. The van der Waals surface area contributed by atoms with Crippen LogP contribution in [-0.4, -0.2) is 23.9 Å². The second-order valence-electron chi connectivity index (χ2n) is 5.48. The highest BCUT2D eigenvalue weighted by molar-refractivity contribution is 7.07. The summed E-state index contributed by atoms with van der Waals surface area (Å²) in [6, 6.07) is 2.12. The zero-order chi connectivity index (χ0) is 12.9. The van der Waals surface area contributed by atoms with Crippen LogP contribution in [0.4, 0.5) is 0 Å². The molecule has 1 N–H and O–H groups in total. The van der Waals surface area contributed by atoms with Crippen molar-refractivity contribution in [2.75, 3.05) is 6.61 Å². The van der Waals surface area contributed by atoms with Crippen molar-refractivity contribution < 1.29 is 9.84 Å². The van der Waals surface area contributed by atoms with Gasteiger partial charge in [-0.25, -0.2) is 0 Å². The van der Waals surface area contributed by atoms with Crippen LogP contribution in [0.25, 0.3) is 0 Å². The first-order valence-corrected chi connectivity index (χ1v) is 7.20. The van der Waals surface area contributed by atoms with Crippen LogP contribution in [0.15, 0.2) is 16.8 Å².